The summed E-state index contributed by atoms with van der Waals surface area (Å²) in [5, 5.41) is 8.83. The fourth-order valence-electron chi connectivity index (χ4n) is 3.81. The van der Waals surface area contributed by atoms with Gasteiger partial charge < -0.3 is 4.74 Å². The molecule has 0 saturated heterocycles. The number of nitrogens with one attached hydrogen (secondary N) is 1. The zero-order valence-corrected chi connectivity index (χ0v) is 19.7. The predicted molar refractivity (Wildman–Crippen MR) is 128 cm³/mol. The Kier molecular flexibility index (Phi) is 5.82. The number of anilines is 1. The van der Waals surface area contributed by atoms with Crippen molar-refractivity contribution < 1.29 is 9.53 Å². The summed E-state index contributed by atoms with van der Waals surface area (Å²) in [5.74, 6) is 1.16. The van der Waals surface area contributed by atoms with Crippen molar-refractivity contribution in [1.82, 2.24) is 14.8 Å². The van der Waals surface area contributed by atoms with Crippen molar-refractivity contribution in [1.29, 1.82) is 0 Å². The third-order valence-electron chi connectivity index (χ3n) is 5.50. The van der Waals surface area contributed by atoms with Crippen LogP contribution in [0.4, 0.5) is 10.6 Å². The molecule has 2 heterocycles. The van der Waals surface area contributed by atoms with Gasteiger partial charge in [-0.2, -0.15) is 5.10 Å². The lowest BCUT2D eigenvalue weighted by molar-refractivity contribution is 0.187. The molecule has 1 amide bonds. The van der Waals surface area contributed by atoms with Gasteiger partial charge in [-0.25, -0.2) is 9.48 Å². The smallest absolute Gasteiger partial charge is 0.415 e. The molecular weight excluding hydrogens is 424 g/mol. The number of aryl methyl sites for hydroxylation is 2. The molecule has 32 heavy (non-hydrogen) atoms. The second kappa shape index (κ2) is 8.43. The van der Waals surface area contributed by atoms with Crippen molar-refractivity contribution in [2.75, 3.05) is 5.32 Å². The Balaban J connectivity index is 1.61. The zero-order valence-electron chi connectivity index (χ0n) is 19.0. The second-order valence-electron chi connectivity index (χ2n) is 9.15. The Morgan fingerprint density at radius 1 is 1.16 bits per heavy atom. The molecule has 1 aromatic carbocycles. The van der Waals surface area contributed by atoms with E-state index in [0.29, 0.717) is 28.5 Å². The number of pyridine rings is 1. The van der Waals surface area contributed by atoms with Crippen LogP contribution in [0.25, 0.3) is 16.6 Å². The van der Waals surface area contributed by atoms with Crippen LogP contribution in [0.2, 0.25) is 5.02 Å². The number of carbonyl (C=O) groups is 1. The summed E-state index contributed by atoms with van der Waals surface area (Å²) >= 11 is 6.35. The number of rotatable bonds is 3. The van der Waals surface area contributed by atoms with Crippen molar-refractivity contribution >= 4 is 34.4 Å². The van der Waals surface area contributed by atoms with E-state index in [4.69, 9.17) is 16.3 Å². The SMILES string of the molecule is Cc1cnc2c(Cl)ccc(-n3nc(C)cc3NC(=O)OC3=CC=C(C(C)(C)C)CC3)c2c1. The van der Waals surface area contributed by atoms with Crippen LogP contribution >= 0.6 is 11.6 Å². The first-order valence-electron chi connectivity index (χ1n) is 10.6. The molecule has 1 aliphatic carbocycles. The summed E-state index contributed by atoms with van der Waals surface area (Å²) in [7, 11) is 0. The second-order valence-corrected chi connectivity index (χ2v) is 9.55. The highest BCUT2D eigenvalue weighted by Gasteiger charge is 2.21. The predicted octanol–water partition coefficient (Wildman–Crippen LogP) is 6.89. The number of amides is 1. The standard InChI is InChI=1S/C25H27ClN4O2/c1-15-12-19-21(11-10-20(26)23(19)27-14-15)30-22(13-16(2)29-30)28-24(31)32-18-8-6-17(7-9-18)25(3,4)5/h6,8,10-14H,7,9H2,1-5H3,(H,28,31). The molecule has 2 aromatic heterocycles. The summed E-state index contributed by atoms with van der Waals surface area (Å²) in [6.45, 7) is 10.4. The normalized spacial score (nSPS) is 14.2. The molecule has 0 atom stereocenters. The highest BCUT2D eigenvalue weighted by molar-refractivity contribution is 6.35. The summed E-state index contributed by atoms with van der Waals surface area (Å²) < 4.78 is 7.26. The molecule has 1 aliphatic rings. The van der Waals surface area contributed by atoms with Crippen LogP contribution in [0.15, 0.2) is 53.9 Å². The third kappa shape index (κ3) is 4.55. The van der Waals surface area contributed by atoms with Gasteiger partial charge in [0.25, 0.3) is 0 Å². The molecule has 7 heteroatoms. The van der Waals surface area contributed by atoms with Gasteiger partial charge in [-0.1, -0.05) is 44.0 Å². The van der Waals surface area contributed by atoms with Crippen molar-refractivity contribution in [2.45, 2.75) is 47.5 Å². The molecule has 4 rings (SSSR count). The highest BCUT2D eigenvalue weighted by Crippen LogP contribution is 2.33. The molecule has 1 N–H and O–H groups in total. The number of hydrogen-bond acceptors (Lipinski definition) is 4. The lowest BCUT2D eigenvalue weighted by atomic mass is 9.82. The number of nitrogens with zero attached hydrogens (tertiary/aromatic N) is 3. The van der Waals surface area contributed by atoms with Gasteiger partial charge in [-0.05, 0) is 55.5 Å². The van der Waals surface area contributed by atoms with Crippen LogP contribution in [-0.2, 0) is 4.74 Å². The Bertz CT molecular complexity index is 1260. The number of benzene rings is 1. The molecule has 0 radical (unpaired) electrons. The lowest BCUT2D eigenvalue weighted by Crippen LogP contribution is -2.18. The van der Waals surface area contributed by atoms with E-state index in [2.05, 4.69) is 42.2 Å². The van der Waals surface area contributed by atoms with Gasteiger partial charge in [-0.15, -0.1) is 0 Å². The Hall–Kier alpha value is -3.12. The maximum atomic E-state index is 12.7. The minimum absolute atomic E-state index is 0.114. The highest BCUT2D eigenvalue weighted by atomic mass is 35.5. The number of ether oxygens (including phenoxy) is 1. The van der Waals surface area contributed by atoms with E-state index in [1.165, 1.54) is 5.57 Å². The van der Waals surface area contributed by atoms with E-state index in [0.717, 1.165) is 28.8 Å². The lowest BCUT2D eigenvalue weighted by Gasteiger charge is -2.25. The average Bonchev–Trinajstić information content (AvgIpc) is 3.07. The fraction of sp³-hybridized carbons (Fsp3) is 0.320. The quantitative estimate of drug-likeness (QED) is 0.471. The van der Waals surface area contributed by atoms with Gasteiger partial charge in [0, 0.05) is 24.1 Å². The van der Waals surface area contributed by atoms with Crippen molar-refractivity contribution in [3.05, 3.63) is 70.2 Å². The summed E-state index contributed by atoms with van der Waals surface area (Å²) in [6, 6.07) is 7.47. The van der Waals surface area contributed by atoms with Gasteiger partial charge in [0.05, 0.1) is 21.9 Å². The van der Waals surface area contributed by atoms with Gasteiger partial charge in [0.2, 0.25) is 0 Å². The number of halogens is 1. The van der Waals surface area contributed by atoms with Crippen LogP contribution in [0, 0.1) is 19.3 Å². The van der Waals surface area contributed by atoms with Crippen LogP contribution < -0.4 is 5.32 Å². The van der Waals surface area contributed by atoms with E-state index in [-0.39, 0.29) is 5.41 Å². The van der Waals surface area contributed by atoms with Crippen LogP contribution in [0.3, 0.4) is 0 Å². The van der Waals surface area contributed by atoms with Crippen LogP contribution in [0.5, 0.6) is 0 Å². The van der Waals surface area contributed by atoms with Crippen LogP contribution in [0.1, 0.15) is 44.9 Å². The first-order valence-corrected chi connectivity index (χ1v) is 11.0. The molecule has 0 unspecified atom stereocenters. The molecular formula is C25H27ClN4O2. The average molecular weight is 451 g/mol. The minimum atomic E-state index is -0.544. The maximum absolute atomic E-state index is 12.7. The molecule has 0 spiro atoms. The van der Waals surface area contributed by atoms with E-state index in [1.807, 2.05) is 32.1 Å². The summed E-state index contributed by atoms with van der Waals surface area (Å²) in [5.41, 5.74) is 4.69. The van der Waals surface area contributed by atoms with E-state index in [9.17, 15) is 4.79 Å². The molecule has 6 nitrogen and oxygen atoms in total. The van der Waals surface area contributed by atoms with E-state index in [1.54, 1.807) is 23.0 Å². The van der Waals surface area contributed by atoms with Gasteiger partial charge >= 0.3 is 6.09 Å². The topological polar surface area (TPSA) is 69.0 Å². The van der Waals surface area contributed by atoms with Gasteiger partial charge in [0.1, 0.15) is 11.6 Å². The minimum Gasteiger partial charge on any atom is -0.415 e. The van der Waals surface area contributed by atoms with Gasteiger partial charge in [0.15, 0.2) is 0 Å². The molecule has 0 aliphatic heterocycles. The third-order valence-corrected chi connectivity index (χ3v) is 5.81. The Morgan fingerprint density at radius 3 is 2.62 bits per heavy atom. The first-order chi connectivity index (χ1) is 15.1. The summed E-state index contributed by atoms with van der Waals surface area (Å²) in [6.07, 6.45) is 6.74. The number of allylic oxidation sites excluding steroid dienone is 4. The Labute approximate surface area is 192 Å². The summed E-state index contributed by atoms with van der Waals surface area (Å²) in [4.78, 5) is 17.1. The van der Waals surface area contributed by atoms with Crippen molar-refractivity contribution in [3.8, 4) is 5.69 Å². The Morgan fingerprint density at radius 2 is 1.94 bits per heavy atom. The number of hydrogen-bond donors (Lipinski definition) is 1. The van der Waals surface area contributed by atoms with Gasteiger partial charge in [-0.3, -0.25) is 10.3 Å². The molecule has 0 bridgehead atoms. The van der Waals surface area contributed by atoms with E-state index < -0.39 is 6.09 Å². The number of carbonyl (C=O) groups excluding carboxylic acids is 1. The molecule has 0 fully saturated rings. The maximum Gasteiger partial charge on any atom is 0.417 e. The van der Waals surface area contributed by atoms with E-state index >= 15 is 0 Å². The largest absolute Gasteiger partial charge is 0.417 e. The first kappa shape index (κ1) is 22.1. The van der Waals surface area contributed by atoms with Crippen LogP contribution in [-0.4, -0.2) is 20.9 Å². The molecule has 166 valence electrons. The monoisotopic (exact) mass is 450 g/mol. The number of fused-ring (bicyclic) bond motifs is 1. The molecule has 0 saturated carbocycles. The van der Waals surface area contributed by atoms with Crippen molar-refractivity contribution in [2.24, 2.45) is 5.41 Å². The fourth-order valence-corrected chi connectivity index (χ4v) is 4.02. The van der Waals surface area contributed by atoms with Crippen molar-refractivity contribution in [3.63, 3.8) is 0 Å². The zero-order chi connectivity index (χ0) is 23.0. The molecule has 3 aromatic rings. The number of aromatic nitrogens is 3.